The Labute approximate surface area is 267 Å². The maximum atomic E-state index is 13.6. The van der Waals surface area contributed by atoms with E-state index < -0.39 is 6.04 Å². The number of carbonyl (C=O) groups excluding carboxylic acids is 2. The predicted molar refractivity (Wildman–Crippen MR) is 177 cm³/mol. The van der Waals surface area contributed by atoms with Gasteiger partial charge in [0, 0.05) is 71.9 Å². The van der Waals surface area contributed by atoms with Gasteiger partial charge in [0.25, 0.3) is 0 Å². The van der Waals surface area contributed by atoms with Crippen LogP contribution < -0.4 is 20.1 Å². The molecule has 5 aromatic rings. The fourth-order valence-corrected chi connectivity index (χ4v) is 6.01. The molecule has 10 heteroatoms. The minimum atomic E-state index is -0.782. The summed E-state index contributed by atoms with van der Waals surface area (Å²) in [5, 5.41) is 17.4. The van der Waals surface area contributed by atoms with Crippen LogP contribution in [0.3, 0.4) is 0 Å². The van der Waals surface area contributed by atoms with E-state index in [9.17, 15) is 14.9 Å². The number of hydrogen-bond donors (Lipinski definition) is 4. The first-order valence-electron chi connectivity index (χ1n) is 15.2. The molecule has 1 atom stereocenters. The largest absolute Gasteiger partial charge is 0.497 e. The third-order valence-electron chi connectivity index (χ3n) is 8.45. The lowest BCUT2D eigenvalue weighted by atomic mass is 9.98. The lowest BCUT2D eigenvalue weighted by molar-refractivity contribution is -0.129. The molecule has 0 aliphatic carbocycles. The van der Waals surface area contributed by atoms with Gasteiger partial charge < -0.3 is 30.1 Å². The molecule has 4 N–H and O–H groups in total. The number of aromatic amines is 2. The smallest absolute Gasteiger partial charge is 0.243 e. The monoisotopic (exact) mass is 616 g/mol. The van der Waals surface area contributed by atoms with E-state index in [-0.39, 0.29) is 24.9 Å². The van der Waals surface area contributed by atoms with Crippen molar-refractivity contribution in [1.82, 2.24) is 25.5 Å². The fraction of sp³-hybridized carbons (Fsp3) is 0.250. The summed E-state index contributed by atoms with van der Waals surface area (Å²) in [5.74, 6) is 0.758. The zero-order chi connectivity index (χ0) is 32.0. The van der Waals surface area contributed by atoms with Crippen LogP contribution in [-0.2, 0) is 22.6 Å². The van der Waals surface area contributed by atoms with Crippen molar-refractivity contribution in [2.24, 2.45) is 0 Å². The number of fused-ring (bicyclic) bond motifs is 2. The van der Waals surface area contributed by atoms with E-state index in [4.69, 9.17) is 9.47 Å². The molecule has 0 saturated carbocycles. The zero-order valence-corrected chi connectivity index (χ0v) is 25.9. The van der Waals surface area contributed by atoms with E-state index in [2.05, 4.69) is 37.6 Å². The Bertz CT molecular complexity index is 1940. The molecule has 3 aromatic carbocycles. The van der Waals surface area contributed by atoms with Crippen molar-refractivity contribution in [2.75, 3.05) is 33.9 Å². The topological polar surface area (TPSA) is 135 Å². The number of nitriles is 1. The van der Waals surface area contributed by atoms with Gasteiger partial charge in [-0.05, 0) is 59.5 Å². The Morgan fingerprint density at radius 2 is 1.74 bits per heavy atom. The van der Waals surface area contributed by atoms with Crippen molar-refractivity contribution in [3.05, 3.63) is 101 Å². The van der Waals surface area contributed by atoms with Crippen molar-refractivity contribution in [3.8, 4) is 17.6 Å². The van der Waals surface area contributed by atoms with Crippen LogP contribution in [0, 0.1) is 11.3 Å². The standard InChI is InChI=1S/C36H36N6O4/c1-45-27-13-24(14-28(17-27)46-2)19-40-36(44)34(16-26-20-38-32-6-4-3-5-29(26)32)41-35(43)22-42-11-9-25(10-12-42)31-21-39-33-8-7-23(18-37)15-30(31)33/h3-9,13-15,17,20-21,34,38-39H,10-12,16,19,22H2,1-2H3,(H,40,44)(H,41,43)/t34-/m1/s1. The third kappa shape index (κ3) is 6.75. The second-order valence-corrected chi connectivity index (χ2v) is 11.4. The van der Waals surface area contributed by atoms with Gasteiger partial charge in [-0.25, -0.2) is 0 Å². The maximum Gasteiger partial charge on any atom is 0.243 e. The van der Waals surface area contributed by atoms with Crippen molar-refractivity contribution in [3.63, 3.8) is 0 Å². The quantitative estimate of drug-likeness (QED) is 0.170. The summed E-state index contributed by atoms with van der Waals surface area (Å²) in [7, 11) is 3.16. The first-order valence-corrected chi connectivity index (χ1v) is 15.2. The van der Waals surface area contributed by atoms with Gasteiger partial charge in [0.15, 0.2) is 0 Å². The van der Waals surface area contributed by atoms with Crippen LogP contribution in [0.25, 0.3) is 27.4 Å². The molecule has 0 radical (unpaired) electrons. The maximum absolute atomic E-state index is 13.6. The molecule has 2 amide bonds. The molecule has 0 bridgehead atoms. The Balaban J connectivity index is 1.14. The summed E-state index contributed by atoms with van der Waals surface area (Å²) in [6.07, 6.45) is 7.11. The van der Waals surface area contributed by atoms with Crippen LogP contribution in [-0.4, -0.2) is 66.6 Å². The number of amides is 2. The Morgan fingerprint density at radius 3 is 2.48 bits per heavy atom. The van der Waals surface area contributed by atoms with Gasteiger partial charge in [0.2, 0.25) is 11.8 Å². The van der Waals surface area contributed by atoms with Gasteiger partial charge >= 0.3 is 0 Å². The molecule has 0 fully saturated rings. The van der Waals surface area contributed by atoms with Crippen molar-refractivity contribution in [2.45, 2.75) is 25.4 Å². The van der Waals surface area contributed by atoms with Crippen LogP contribution in [0.1, 0.15) is 28.7 Å². The molecule has 1 aliphatic rings. The summed E-state index contributed by atoms with van der Waals surface area (Å²) >= 11 is 0. The summed E-state index contributed by atoms with van der Waals surface area (Å²) in [4.78, 5) is 35.6. The summed E-state index contributed by atoms with van der Waals surface area (Å²) in [6.45, 7) is 1.71. The van der Waals surface area contributed by atoms with Crippen LogP contribution in [0.4, 0.5) is 0 Å². The van der Waals surface area contributed by atoms with E-state index in [1.807, 2.05) is 60.9 Å². The molecule has 2 aromatic heterocycles. The molecular weight excluding hydrogens is 580 g/mol. The summed E-state index contributed by atoms with van der Waals surface area (Å²) in [5.41, 5.74) is 6.62. The van der Waals surface area contributed by atoms with Crippen molar-refractivity contribution in [1.29, 1.82) is 5.26 Å². The van der Waals surface area contributed by atoms with E-state index >= 15 is 0 Å². The minimum absolute atomic E-state index is 0.168. The van der Waals surface area contributed by atoms with Gasteiger partial charge in [0.05, 0.1) is 32.4 Å². The second-order valence-electron chi connectivity index (χ2n) is 11.4. The highest BCUT2D eigenvalue weighted by Gasteiger charge is 2.25. The van der Waals surface area contributed by atoms with Crippen LogP contribution in [0.2, 0.25) is 0 Å². The number of rotatable bonds is 11. The molecule has 46 heavy (non-hydrogen) atoms. The van der Waals surface area contributed by atoms with Crippen LogP contribution in [0.5, 0.6) is 11.5 Å². The highest BCUT2D eigenvalue weighted by molar-refractivity contribution is 5.94. The van der Waals surface area contributed by atoms with Gasteiger partial charge in [0.1, 0.15) is 17.5 Å². The molecule has 3 heterocycles. The average Bonchev–Trinajstić information content (AvgIpc) is 3.71. The Morgan fingerprint density at radius 1 is 0.978 bits per heavy atom. The second kappa shape index (κ2) is 13.6. The molecule has 0 unspecified atom stereocenters. The normalized spacial score (nSPS) is 14.0. The summed E-state index contributed by atoms with van der Waals surface area (Å²) in [6, 6.07) is 20.4. The Hall–Kier alpha value is -5.53. The van der Waals surface area contributed by atoms with Crippen LogP contribution >= 0.6 is 0 Å². The van der Waals surface area contributed by atoms with Gasteiger partial charge in [-0.3, -0.25) is 14.5 Å². The van der Waals surface area contributed by atoms with Gasteiger partial charge in [-0.2, -0.15) is 5.26 Å². The number of para-hydroxylation sites is 1. The SMILES string of the molecule is COc1cc(CNC(=O)[C@@H](Cc2c[nH]c3ccccc23)NC(=O)CN2CC=C(c3c[nH]c4ccc(C#N)cc34)CC2)cc(OC)c1. The number of carbonyl (C=O) groups is 2. The first-order chi connectivity index (χ1) is 22.4. The first kappa shape index (κ1) is 30.5. The number of benzene rings is 3. The summed E-state index contributed by atoms with van der Waals surface area (Å²) < 4.78 is 10.7. The highest BCUT2D eigenvalue weighted by Crippen LogP contribution is 2.30. The highest BCUT2D eigenvalue weighted by atomic mass is 16.5. The van der Waals surface area contributed by atoms with Crippen LogP contribution in [0.15, 0.2) is 79.1 Å². The van der Waals surface area contributed by atoms with Crippen molar-refractivity contribution < 1.29 is 19.1 Å². The van der Waals surface area contributed by atoms with E-state index in [0.717, 1.165) is 44.9 Å². The number of H-pyrrole nitrogens is 2. The zero-order valence-electron chi connectivity index (χ0n) is 25.9. The molecule has 234 valence electrons. The van der Waals surface area contributed by atoms with Gasteiger partial charge in [-0.15, -0.1) is 0 Å². The average molecular weight is 617 g/mol. The fourth-order valence-electron chi connectivity index (χ4n) is 6.01. The van der Waals surface area contributed by atoms with E-state index in [1.165, 1.54) is 5.57 Å². The molecule has 0 spiro atoms. The molecule has 10 nitrogen and oxygen atoms in total. The van der Waals surface area contributed by atoms with Crippen molar-refractivity contribution >= 4 is 39.2 Å². The third-order valence-corrected chi connectivity index (χ3v) is 8.45. The van der Waals surface area contributed by atoms with E-state index in [0.29, 0.717) is 36.6 Å². The predicted octanol–water partition coefficient (Wildman–Crippen LogP) is 4.67. The number of ether oxygens (including phenoxy) is 2. The number of nitrogens with one attached hydrogen (secondary N) is 4. The molecular formula is C36H36N6O4. The number of nitrogens with zero attached hydrogens (tertiary/aromatic N) is 2. The Kier molecular flexibility index (Phi) is 9.03. The number of hydrogen-bond acceptors (Lipinski definition) is 6. The number of methoxy groups -OCH3 is 2. The van der Waals surface area contributed by atoms with E-state index in [1.54, 1.807) is 26.4 Å². The number of aromatic nitrogens is 2. The lowest BCUT2D eigenvalue weighted by Gasteiger charge is -2.27. The lowest BCUT2D eigenvalue weighted by Crippen LogP contribution is -2.50. The van der Waals surface area contributed by atoms with Gasteiger partial charge in [-0.1, -0.05) is 24.3 Å². The molecule has 0 saturated heterocycles. The molecule has 1 aliphatic heterocycles. The molecule has 6 rings (SSSR count). The minimum Gasteiger partial charge on any atom is -0.497 e.